The monoisotopic (exact) mass is 329 g/mol. The molecule has 0 amide bonds. The van der Waals surface area contributed by atoms with Crippen molar-refractivity contribution in [2.24, 2.45) is 0 Å². The van der Waals surface area contributed by atoms with Crippen LogP contribution in [0.25, 0.3) is 0 Å². The van der Waals surface area contributed by atoms with Crippen LogP contribution in [-0.2, 0) is 16.7 Å². The van der Waals surface area contributed by atoms with Crippen LogP contribution >= 0.6 is 11.6 Å². The molecule has 114 valence electrons. The molecule has 1 aromatic rings. The molecule has 0 aliphatic carbocycles. The van der Waals surface area contributed by atoms with Crippen LogP contribution in [0.3, 0.4) is 0 Å². The second kappa shape index (κ2) is 6.09. The van der Waals surface area contributed by atoms with Gasteiger partial charge in [0.25, 0.3) is 5.56 Å². The van der Waals surface area contributed by atoms with Gasteiger partial charge in [-0.1, -0.05) is 24.9 Å². The highest BCUT2D eigenvalue weighted by Gasteiger charge is 2.42. The first-order valence-electron chi connectivity index (χ1n) is 5.81. The molecule has 0 fully saturated rings. The van der Waals surface area contributed by atoms with Gasteiger partial charge in [-0.25, -0.2) is 0 Å². The van der Waals surface area contributed by atoms with Crippen LogP contribution in [0.1, 0.15) is 26.7 Å². The number of hydrogen-bond acceptors (Lipinski definition) is 4. The number of unbranched alkanes of at least 4 members (excludes halogenated alkanes) is 1. The summed E-state index contributed by atoms with van der Waals surface area (Å²) >= 11 is 5.67. The zero-order valence-electron chi connectivity index (χ0n) is 10.9. The van der Waals surface area contributed by atoms with Gasteiger partial charge < -0.3 is 8.75 Å². The summed E-state index contributed by atoms with van der Waals surface area (Å²) < 4.78 is 53.5. The number of alkyl halides is 2. The molecule has 1 aromatic heterocycles. The van der Waals surface area contributed by atoms with Crippen LogP contribution in [0, 0.1) is 0 Å². The Labute approximate surface area is 120 Å². The van der Waals surface area contributed by atoms with E-state index in [1.807, 2.05) is 6.92 Å². The molecular weight excluding hydrogens is 316 g/mol. The molecule has 0 spiro atoms. The van der Waals surface area contributed by atoms with Crippen molar-refractivity contribution < 1.29 is 21.4 Å². The zero-order valence-corrected chi connectivity index (χ0v) is 12.5. The van der Waals surface area contributed by atoms with Gasteiger partial charge in [0.15, 0.2) is 5.75 Å². The minimum Gasteiger partial charge on any atom is -0.376 e. The van der Waals surface area contributed by atoms with Gasteiger partial charge in [-0.2, -0.15) is 17.2 Å². The highest BCUT2D eigenvalue weighted by molar-refractivity contribution is 7.88. The van der Waals surface area contributed by atoms with Crippen molar-refractivity contribution in [2.75, 3.05) is 0 Å². The molecule has 9 heteroatoms. The lowest BCUT2D eigenvalue weighted by Crippen LogP contribution is -2.30. The van der Waals surface area contributed by atoms with Gasteiger partial charge in [-0.05, 0) is 6.42 Å². The highest BCUT2D eigenvalue weighted by atomic mass is 35.5. The fourth-order valence-electron chi connectivity index (χ4n) is 1.29. The number of hydrogen-bond donors (Lipinski definition) is 0. The maximum absolute atomic E-state index is 12.8. The van der Waals surface area contributed by atoms with E-state index in [1.54, 1.807) is 0 Å². The fraction of sp³-hybridized carbons (Fsp3) is 0.545. The maximum atomic E-state index is 12.8. The van der Waals surface area contributed by atoms with Gasteiger partial charge in [0.2, 0.25) is 0 Å². The van der Waals surface area contributed by atoms with Crippen molar-refractivity contribution in [1.29, 1.82) is 0 Å². The third-order valence-corrected chi connectivity index (χ3v) is 4.09. The molecule has 1 heterocycles. The molecule has 5 nitrogen and oxygen atoms in total. The van der Waals surface area contributed by atoms with E-state index in [0.717, 1.165) is 18.9 Å². The third kappa shape index (κ3) is 3.69. The number of aryl methyl sites for hydroxylation is 1. The van der Waals surface area contributed by atoms with Crippen LogP contribution < -0.4 is 9.74 Å². The average molecular weight is 330 g/mol. The van der Waals surface area contributed by atoms with E-state index in [0.29, 0.717) is 6.54 Å². The summed E-state index contributed by atoms with van der Waals surface area (Å²) in [5.74, 6) is -0.606. The largest absolute Gasteiger partial charge is 0.377 e. The number of nitrogens with zero attached hydrogens (tertiary/aromatic N) is 1. The second-order valence-corrected chi connectivity index (χ2v) is 6.36. The first-order chi connectivity index (χ1) is 9.10. The van der Waals surface area contributed by atoms with E-state index in [4.69, 9.17) is 11.6 Å². The SMILES string of the molecule is CCCCn1ccc(OS(=O)(=O)C(C)(F)F)c(Cl)c1=O. The quantitative estimate of drug-likeness (QED) is 0.752. The Balaban J connectivity index is 3.12. The van der Waals surface area contributed by atoms with Crippen LogP contribution in [-0.4, -0.2) is 18.2 Å². The van der Waals surface area contributed by atoms with Crippen LogP contribution in [0.4, 0.5) is 8.78 Å². The molecule has 0 aromatic carbocycles. The van der Waals surface area contributed by atoms with Crippen molar-refractivity contribution in [3.63, 3.8) is 0 Å². The van der Waals surface area contributed by atoms with E-state index in [1.165, 1.54) is 10.8 Å². The molecule has 0 saturated heterocycles. The smallest absolute Gasteiger partial charge is 0.376 e. The van der Waals surface area contributed by atoms with E-state index in [2.05, 4.69) is 4.18 Å². The zero-order chi connectivity index (χ0) is 15.6. The molecule has 20 heavy (non-hydrogen) atoms. The predicted octanol–water partition coefficient (Wildman–Crippen LogP) is 2.62. The summed E-state index contributed by atoms with van der Waals surface area (Å²) in [4.78, 5) is 11.8. The average Bonchev–Trinajstić information content (AvgIpc) is 2.32. The summed E-state index contributed by atoms with van der Waals surface area (Å²) in [5, 5.41) is -4.63. The van der Waals surface area contributed by atoms with Gasteiger partial charge in [-0.3, -0.25) is 4.79 Å². The maximum Gasteiger partial charge on any atom is 0.377 e. The Bertz CT molecular complexity index is 637. The van der Waals surface area contributed by atoms with E-state index >= 15 is 0 Å². The van der Waals surface area contributed by atoms with E-state index in [-0.39, 0.29) is 6.92 Å². The van der Waals surface area contributed by atoms with Crippen molar-refractivity contribution >= 4 is 21.7 Å². The molecule has 1 rings (SSSR count). The molecule has 0 aliphatic heterocycles. The van der Waals surface area contributed by atoms with Crippen molar-refractivity contribution in [3.8, 4) is 5.75 Å². The summed E-state index contributed by atoms with van der Waals surface area (Å²) in [6, 6.07) is 1.07. The van der Waals surface area contributed by atoms with Gasteiger partial charge in [0.05, 0.1) is 0 Å². The molecule has 0 radical (unpaired) electrons. The molecule has 0 atom stereocenters. The summed E-state index contributed by atoms with van der Waals surface area (Å²) in [7, 11) is -5.19. The summed E-state index contributed by atoms with van der Waals surface area (Å²) in [5.41, 5.74) is -0.688. The van der Waals surface area contributed by atoms with Crippen LogP contribution in [0.2, 0.25) is 5.02 Å². The Morgan fingerprint density at radius 3 is 2.55 bits per heavy atom. The lowest BCUT2D eigenvalue weighted by Gasteiger charge is -2.14. The Morgan fingerprint density at radius 1 is 1.45 bits per heavy atom. The topological polar surface area (TPSA) is 65.4 Å². The van der Waals surface area contributed by atoms with Crippen molar-refractivity contribution in [1.82, 2.24) is 4.57 Å². The minimum atomic E-state index is -5.19. The molecule has 0 bridgehead atoms. The first kappa shape index (κ1) is 16.9. The number of rotatable bonds is 6. The second-order valence-electron chi connectivity index (χ2n) is 4.19. The van der Waals surface area contributed by atoms with Crippen LogP contribution in [0.15, 0.2) is 17.1 Å². The number of halogens is 3. The van der Waals surface area contributed by atoms with E-state index in [9.17, 15) is 22.0 Å². The predicted molar refractivity (Wildman–Crippen MR) is 70.8 cm³/mol. The summed E-state index contributed by atoms with van der Waals surface area (Å²) in [6.07, 6.45) is 2.82. The number of pyridine rings is 1. The fourth-order valence-corrected chi connectivity index (χ4v) is 2.07. The van der Waals surface area contributed by atoms with E-state index < -0.39 is 31.7 Å². The Hall–Kier alpha value is -1.15. The third-order valence-electron chi connectivity index (χ3n) is 2.46. The standard InChI is InChI=1S/C11H14ClF2NO4S/c1-3-4-6-15-7-5-8(9(12)10(15)16)19-20(17,18)11(2,13)14/h5,7H,3-4,6H2,1-2H3. The molecule has 0 saturated carbocycles. The van der Waals surface area contributed by atoms with Crippen molar-refractivity contribution in [3.05, 3.63) is 27.6 Å². The normalized spacial score (nSPS) is 12.4. The molecule has 0 unspecified atom stereocenters. The van der Waals surface area contributed by atoms with Crippen LogP contribution in [0.5, 0.6) is 5.75 Å². The first-order valence-corrected chi connectivity index (χ1v) is 7.59. The molecule has 0 aliphatic rings. The van der Waals surface area contributed by atoms with Gasteiger partial charge in [-0.15, -0.1) is 0 Å². The van der Waals surface area contributed by atoms with Gasteiger partial charge >= 0.3 is 15.4 Å². The Morgan fingerprint density at radius 2 is 2.05 bits per heavy atom. The Kier molecular flexibility index (Phi) is 5.15. The lowest BCUT2D eigenvalue weighted by molar-refractivity contribution is 0.103. The van der Waals surface area contributed by atoms with Crippen molar-refractivity contribution in [2.45, 2.75) is 38.5 Å². The molecule has 0 N–H and O–H groups in total. The van der Waals surface area contributed by atoms with Gasteiger partial charge in [0.1, 0.15) is 5.02 Å². The summed E-state index contributed by atoms with van der Waals surface area (Å²) in [6.45, 7) is 2.50. The molecular formula is C11H14ClF2NO4S. The minimum absolute atomic E-state index is 0.179. The lowest BCUT2D eigenvalue weighted by atomic mass is 10.3. The highest BCUT2D eigenvalue weighted by Crippen LogP contribution is 2.28. The number of aromatic nitrogens is 1. The van der Waals surface area contributed by atoms with Gasteiger partial charge in [0, 0.05) is 25.7 Å².